The molecule has 1 aromatic heterocycles. The number of nitro groups is 1. The second kappa shape index (κ2) is 5.09. The molecule has 18 heavy (non-hydrogen) atoms. The lowest BCUT2D eigenvalue weighted by molar-refractivity contribution is -0.384. The highest BCUT2D eigenvalue weighted by molar-refractivity contribution is 5.90. The van der Waals surface area contributed by atoms with Crippen molar-refractivity contribution >= 4 is 17.3 Å². The van der Waals surface area contributed by atoms with E-state index in [-0.39, 0.29) is 18.1 Å². The van der Waals surface area contributed by atoms with Crippen LogP contribution in [0.1, 0.15) is 0 Å². The fourth-order valence-corrected chi connectivity index (χ4v) is 1.41. The Morgan fingerprint density at radius 3 is 2.67 bits per heavy atom. The highest BCUT2D eigenvalue weighted by Gasteiger charge is 2.06. The number of benzene rings is 1. The van der Waals surface area contributed by atoms with Crippen molar-refractivity contribution in [3.63, 3.8) is 0 Å². The predicted octanol–water partition coefficient (Wildman–Crippen LogP) is 1.43. The SMILES string of the molecule is O=C(Cn1ccnc1)Nc1ccc([N+](=O)[O-])cc1. The molecule has 1 heterocycles. The predicted molar refractivity (Wildman–Crippen MR) is 64.0 cm³/mol. The van der Waals surface area contributed by atoms with Gasteiger partial charge < -0.3 is 9.88 Å². The van der Waals surface area contributed by atoms with Crippen LogP contribution in [0, 0.1) is 10.1 Å². The fraction of sp³-hybridized carbons (Fsp3) is 0.0909. The monoisotopic (exact) mass is 246 g/mol. The first-order valence-electron chi connectivity index (χ1n) is 5.15. The van der Waals surface area contributed by atoms with Crippen molar-refractivity contribution in [3.05, 3.63) is 53.1 Å². The Balaban J connectivity index is 1.97. The molecule has 0 spiro atoms. The number of nitrogens with one attached hydrogen (secondary N) is 1. The van der Waals surface area contributed by atoms with E-state index in [2.05, 4.69) is 10.3 Å². The summed E-state index contributed by atoms with van der Waals surface area (Å²) in [6.45, 7) is 0.150. The number of non-ortho nitro benzene ring substituents is 1. The summed E-state index contributed by atoms with van der Waals surface area (Å²) in [7, 11) is 0. The number of amides is 1. The van der Waals surface area contributed by atoms with Gasteiger partial charge in [-0.15, -0.1) is 0 Å². The van der Waals surface area contributed by atoms with Crippen molar-refractivity contribution in [2.45, 2.75) is 6.54 Å². The minimum Gasteiger partial charge on any atom is -0.328 e. The summed E-state index contributed by atoms with van der Waals surface area (Å²) in [6.07, 6.45) is 4.80. The summed E-state index contributed by atoms with van der Waals surface area (Å²) in [5, 5.41) is 13.1. The summed E-state index contributed by atoms with van der Waals surface area (Å²) in [4.78, 5) is 25.4. The lowest BCUT2D eigenvalue weighted by Crippen LogP contribution is -2.17. The number of aromatic nitrogens is 2. The molecule has 1 N–H and O–H groups in total. The molecule has 1 aromatic carbocycles. The van der Waals surface area contributed by atoms with E-state index in [1.54, 1.807) is 17.0 Å². The van der Waals surface area contributed by atoms with Crippen molar-refractivity contribution in [1.82, 2.24) is 9.55 Å². The van der Waals surface area contributed by atoms with Gasteiger partial charge in [0.05, 0.1) is 11.3 Å². The normalized spacial score (nSPS) is 10.0. The van der Waals surface area contributed by atoms with Crippen LogP contribution in [0.15, 0.2) is 43.0 Å². The van der Waals surface area contributed by atoms with Gasteiger partial charge in [0.2, 0.25) is 5.91 Å². The smallest absolute Gasteiger partial charge is 0.269 e. The second-order valence-corrected chi connectivity index (χ2v) is 3.59. The first-order valence-corrected chi connectivity index (χ1v) is 5.15. The van der Waals surface area contributed by atoms with Gasteiger partial charge in [0.15, 0.2) is 0 Å². The van der Waals surface area contributed by atoms with Gasteiger partial charge in [0, 0.05) is 30.2 Å². The molecule has 0 saturated heterocycles. The summed E-state index contributed by atoms with van der Waals surface area (Å²) in [5.74, 6) is -0.221. The lowest BCUT2D eigenvalue weighted by Gasteiger charge is -2.05. The molecule has 0 unspecified atom stereocenters. The van der Waals surface area contributed by atoms with Crippen LogP contribution < -0.4 is 5.32 Å². The number of rotatable bonds is 4. The van der Waals surface area contributed by atoms with E-state index in [4.69, 9.17) is 0 Å². The summed E-state index contributed by atoms with van der Waals surface area (Å²) in [5.41, 5.74) is 0.508. The maximum Gasteiger partial charge on any atom is 0.269 e. The van der Waals surface area contributed by atoms with Crippen LogP contribution in [0.2, 0.25) is 0 Å². The topological polar surface area (TPSA) is 90.1 Å². The lowest BCUT2D eigenvalue weighted by atomic mass is 10.3. The first-order chi connectivity index (χ1) is 8.65. The van der Waals surface area contributed by atoms with Gasteiger partial charge in [-0.1, -0.05) is 0 Å². The number of hydrogen-bond acceptors (Lipinski definition) is 4. The summed E-state index contributed by atoms with van der Waals surface area (Å²) < 4.78 is 1.63. The number of carbonyl (C=O) groups excluding carboxylic acids is 1. The highest BCUT2D eigenvalue weighted by atomic mass is 16.6. The van der Waals surface area contributed by atoms with Crippen LogP contribution >= 0.6 is 0 Å². The maximum absolute atomic E-state index is 11.6. The highest BCUT2D eigenvalue weighted by Crippen LogP contribution is 2.15. The number of anilines is 1. The Labute approximate surface area is 102 Å². The molecule has 0 aliphatic carbocycles. The minimum absolute atomic E-state index is 0.0115. The van der Waals surface area contributed by atoms with E-state index >= 15 is 0 Å². The second-order valence-electron chi connectivity index (χ2n) is 3.59. The van der Waals surface area contributed by atoms with E-state index in [1.165, 1.54) is 30.6 Å². The zero-order chi connectivity index (χ0) is 13.0. The fourth-order valence-electron chi connectivity index (χ4n) is 1.41. The minimum atomic E-state index is -0.489. The third-order valence-electron chi connectivity index (χ3n) is 2.25. The van der Waals surface area contributed by atoms with Crippen LogP contribution in [0.3, 0.4) is 0 Å². The van der Waals surface area contributed by atoms with Crippen LogP contribution in [-0.2, 0) is 11.3 Å². The van der Waals surface area contributed by atoms with Gasteiger partial charge in [0.1, 0.15) is 6.54 Å². The number of carbonyl (C=O) groups is 1. The van der Waals surface area contributed by atoms with Gasteiger partial charge in [-0.2, -0.15) is 0 Å². The van der Waals surface area contributed by atoms with E-state index in [0.29, 0.717) is 5.69 Å². The summed E-state index contributed by atoms with van der Waals surface area (Å²) in [6, 6.07) is 5.66. The van der Waals surface area contributed by atoms with Crippen LogP contribution in [0.4, 0.5) is 11.4 Å². The van der Waals surface area contributed by atoms with Crippen molar-refractivity contribution in [3.8, 4) is 0 Å². The van der Waals surface area contributed by atoms with E-state index < -0.39 is 4.92 Å². The number of nitrogens with zero attached hydrogens (tertiary/aromatic N) is 3. The van der Waals surface area contributed by atoms with E-state index in [9.17, 15) is 14.9 Å². The molecule has 0 bridgehead atoms. The van der Waals surface area contributed by atoms with E-state index in [0.717, 1.165) is 0 Å². The average molecular weight is 246 g/mol. The zero-order valence-electron chi connectivity index (χ0n) is 9.31. The maximum atomic E-state index is 11.6. The Kier molecular flexibility index (Phi) is 3.33. The molecule has 0 radical (unpaired) electrons. The Morgan fingerprint density at radius 2 is 2.11 bits per heavy atom. The molecular weight excluding hydrogens is 236 g/mol. The molecular formula is C11H10N4O3. The summed E-state index contributed by atoms with van der Waals surface area (Å²) >= 11 is 0. The third-order valence-corrected chi connectivity index (χ3v) is 2.25. The Morgan fingerprint density at radius 1 is 1.39 bits per heavy atom. The Bertz CT molecular complexity index is 548. The van der Waals surface area contributed by atoms with Gasteiger partial charge >= 0.3 is 0 Å². The molecule has 0 aliphatic rings. The molecule has 92 valence electrons. The molecule has 0 saturated carbocycles. The van der Waals surface area contributed by atoms with Crippen molar-refractivity contribution in [2.24, 2.45) is 0 Å². The van der Waals surface area contributed by atoms with Crippen molar-refractivity contribution in [1.29, 1.82) is 0 Å². The van der Waals surface area contributed by atoms with Crippen molar-refractivity contribution < 1.29 is 9.72 Å². The molecule has 0 atom stereocenters. The molecule has 2 aromatic rings. The molecule has 7 nitrogen and oxygen atoms in total. The van der Waals surface area contributed by atoms with Crippen LogP contribution in [0.5, 0.6) is 0 Å². The molecule has 2 rings (SSSR count). The van der Waals surface area contributed by atoms with Crippen LogP contribution in [-0.4, -0.2) is 20.4 Å². The third kappa shape index (κ3) is 2.91. The number of imidazole rings is 1. The number of hydrogen-bond donors (Lipinski definition) is 1. The first kappa shape index (κ1) is 11.8. The number of nitro benzene ring substituents is 1. The average Bonchev–Trinajstić information content (AvgIpc) is 2.82. The van der Waals surface area contributed by atoms with Crippen molar-refractivity contribution in [2.75, 3.05) is 5.32 Å². The molecule has 7 heteroatoms. The molecule has 1 amide bonds. The van der Waals surface area contributed by atoms with E-state index in [1.807, 2.05) is 0 Å². The van der Waals surface area contributed by atoms with Gasteiger partial charge in [-0.05, 0) is 12.1 Å². The van der Waals surface area contributed by atoms with Crippen LogP contribution in [0.25, 0.3) is 0 Å². The van der Waals surface area contributed by atoms with Gasteiger partial charge in [-0.25, -0.2) is 4.98 Å². The largest absolute Gasteiger partial charge is 0.328 e. The molecule has 0 fully saturated rings. The molecule has 0 aliphatic heterocycles. The van der Waals surface area contributed by atoms with Gasteiger partial charge in [0.25, 0.3) is 5.69 Å². The van der Waals surface area contributed by atoms with Gasteiger partial charge in [-0.3, -0.25) is 14.9 Å². The Hall–Kier alpha value is -2.70. The quantitative estimate of drug-likeness (QED) is 0.652. The standard InChI is InChI=1S/C11H10N4O3/c16-11(7-14-6-5-12-8-14)13-9-1-3-10(4-2-9)15(17)18/h1-6,8H,7H2,(H,13,16). The zero-order valence-corrected chi connectivity index (χ0v) is 9.31.